The number of fused-ring (bicyclic) bond motifs is 3. The number of anilines is 1. The van der Waals surface area contributed by atoms with E-state index in [-0.39, 0.29) is 29.0 Å². The Morgan fingerprint density at radius 1 is 1.00 bits per heavy atom. The van der Waals surface area contributed by atoms with Gasteiger partial charge in [-0.2, -0.15) is 11.8 Å². The van der Waals surface area contributed by atoms with Gasteiger partial charge in [0, 0.05) is 38.7 Å². The first-order valence-corrected chi connectivity index (χ1v) is 16.8. The molecule has 1 heterocycles. The first-order valence-electron chi connectivity index (χ1n) is 15.4. The lowest BCUT2D eigenvalue weighted by Crippen LogP contribution is -2.54. The minimum absolute atomic E-state index is 0.134. The van der Waals surface area contributed by atoms with Crippen LogP contribution in [0.15, 0.2) is 29.1 Å². The number of carbonyl (C=O) groups is 3. The third kappa shape index (κ3) is 7.63. The molecule has 0 bridgehead atoms. The average Bonchev–Trinajstić information content (AvgIpc) is 3.29. The van der Waals surface area contributed by atoms with E-state index in [4.69, 9.17) is 18.9 Å². The minimum Gasteiger partial charge on any atom is -0.493 e. The number of hydrogen-bond acceptors (Lipinski definition) is 10. The molecule has 250 valence electrons. The summed E-state index contributed by atoms with van der Waals surface area (Å²) in [7, 11) is 4.65. The molecule has 3 amide bonds. The third-order valence-electron chi connectivity index (χ3n) is 8.27. The summed E-state index contributed by atoms with van der Waals surface area (Å²) in [6, 6.07) is 5.86. The van der Waals surface area contributed by atoms with Gasteiger partial charge >= 0.3 is 6.09 Å². The maximum Gasteiger partial charge on any atom is 0.409 e. The van der Waals surface area contributed by atoms with E-state index >= 15 is 0 Å². The summed E-state index contributed by atoms with van der Waals surface area (Å²) < 4.78 is 22.3. The van der Waals surface area contributed by atoms with E-state index < -0.39 is 12.1 Å². The van der Waals surface area contributed by atoms with E-state index in [1.807, 2.05) is 18.4 Å². The van der Waals surface area contributed by atoms with Gasteiger partial charge in [0.05, 0.1) is 39.7 Å². The van der Waals surface area contributed by atoms with Crippen LogP contribution in [0, 0.1) is 0 Å². The Morgan fingerprint density at radius 2 is 1.70 bits per heavy atom. The van der Waals surface area contributed by atoms with E-state index in [2.05, 4.69) is 10.6 Å². The van der Waals surface area contributed by atoms with Gasteiger partial charge in [-0.15, -0.1) is 0 Å². The number of rotatable bonds is 11. The van der Waals surface area contributed by atoms with Crippen LogP contribution < -0.4 is 30.3 Å². The molecule has 2 aromatic carbocycles. The van der Waals surface area contributed by atoms with Gasteiger partial charge in [0.1, 0.15) is 6.04 Å². The number of nitrogens with one attached hydrogen (secondary N) is 2. The Hall–Kier alpha value is -4.13. The molecule has 0 unspecified atom stereocenters. The molecular formula is C33H44N4O8S. The molecule has 0 radical (unpaired) electrons. The Labute approximate surface area is 274 Å². The summed E-state index contributed by atoms with van der Waals surface area (Å²) in [5.41, 5.74) is 2.97. The van der Waals surface area contributed by atoms with E-state index in [0.717, 1.165) is 11.1 Å². The zero-order chi connectivity index (χ0) is 33.4. The van der Waals surface area contributed by atoms with Crippen LogP contribution in [0.25, 0.3) is 11.1 Å². The van der Waals surface area contributed by atoms with Gasteiger partial charge in [0.25, 0.3) is 0 Å². The molecule has 0 aromatic heterocycles. The second-order valence-electron chi connectivity index (χ2n) is 11.1. The molecule has 4 rings (SSSR count). The molecule has 1 saturated heterocycles. The van der Waals surface area contributed by atoms with Crippen molar-refractivity contribution in [2.75, 3.05) is 71.4 Å². The van der Waals surface area contributed by atoms with Crippen molar-refractivity contribution in [2.24, 2.45) is 0 Å². The van der Waals surface area contributed by atoms with Gasteiger partial charge < -0.3 is 39.4 Å². The van der Waals surface area contributed by atoms with Gasteiger partial charge in [-0.25, -0.2) is 4.79 Å². The van der Waals surface area contributed by atoms with Crippen molar-refractivity contribution in [3.63, 3.8) is 0 Å². The van der Waals surface area contributed by atoms with Gasteiger partial charge in [0.2, 0.25) is 23.0 Å². The normalized spacial score (nSPS) is 16.3. The number of thioether (sulfide) groups is 1. The molecular weight excluding hydrogens is 612 g/mol. The van der Waals surface area contributed by atoms with Crippen LogP contribution in [-0.4, -0.2) is 99.9 Å². The minimum atomic E-state index is -0.659. The number of methoxy groups -OCH3 is 3. The molecule has 2 N–H and O–H groups in total. The summed E-state index contributed by atoms with van der Waals surface area (Å²) in [6.45, 7) is 4.99. The summed E-state index contributed by atoms with van der Waals surface area (Å²) in [5, 5.41) is 6.27. The van der Waals surface area contributed by atoms with Crippen molar-refractivity contribution in [1.29, 1.82) is 0 Å². The van der Waals surface area contributed by atoms with E-state index in [0.29, 0.717) is 86.2 Å². The zero-order valence-electron chi connectivity index (χ0n) is 27.4. The highest BCUT2D eigenvalue weighted by molar-refractivity contribution is 7.98. The van der Waals surface area contributed by atoms with Crippen molar-refractivity contribution >= 4 is 35.4 Å². The fraction of sp³-hybridized carbons (Fsp3) is 0.515. The first kappa shape index (κ1) is 34.7. The number of nitrogens with zero attached hydrogens (tertiary/aromatic N) is 2. The monoisotopic (exact) mass is 656 g/mol. The lowest BCUT2D eigenvalue weighted by atomic mass is 9.95. The van der Waals surface area contributed by atoms with Crippen LogP contribution in [0.5, 0.6) is 17.2 Å². The molecule has 0 saturated carbocycles. The number of benzene rings is 1. The SMILES string of the molecule is CCOC(=O)N1CCN(C(=O)[C@H](CCSC)Nc2ccc3c(cc2=O)[C@@H](NC(C)=O)CCc2cc(OC)c(OC)c(OC)c2-3)CC1. The van der Waals surface area contributed by atoms with Crippen molar-refractivity contribution in [3.8, 4) is 28.4 Å². The van der Waals surface area contributed by atoms with Crippen molar-refractivity contribution in [3.05, 3.63) is 45.6 Å². The lowest BCUT2D eigenvalue weighted by Gasteiger charge is -2.36. The van der Waals surface area contributed by atoms with Crippen LogP contribution in [-0.2, 0) is 20.7 Å². The molecule has 1 aliphatic carbocycles. The molecule has 2 aromatic rings. The number of aryl methyl sites for hydroxylation is 1. The van der Waals surface area contributed by atoms with Gasteiger partial charge in [-0.05, 0) is 73.1 Å². The van der Waals surface area contributed by atoms with Crippen LogP contribution in [0.1, 0.15) is 43.9 Å². The first-order chi connectivity index (χ1) is 22.2. The average molecular weight is 657 g/mol. The number of carbonyl (C=O) groups excluding carboxylic acids is 3. The number of hydrogen-bond donors (Lipinski definition) is 2. The summed E-state index contributed by atoms with van der Waals surface area (Å²) in [5.74, 6) is 1.75. The number of piperazine rings is 1. The Bertz CT molecular complexity index is 1500. The van der Waals surface area contributed by atoms with Gasteiger partial charge in [-0.1, -0.05) is 6.07 Å². The molecule has 12 nitrogen and oxygen atoms in total. The summed E-state index contributed by atoms with van der Waals surface area (Å²) >= 11 is 1.61. The topological polar surface area (TPSA) is 136 Å². The van der Waals surface area contributed by atoms with Crippen molar-refractivity contribution < 1.29 is 33.3 Å². The molecule has 1 aliphatic heterocycles. The fourth-order valence-corrected chi connectivity index (χ4v) is 6.52. The molecule has 2 atom stereocenters. The third-order valence-corrected chi connectivity index (χ3v) is 8.92. The molecule has 0 spiro atoms. The molecule has 2 aliphatic rings. The highest BCUT2D eigenvalue weighted by Gasteiger charge is 2.32. The molecule has 1 fully saturated rings. The van der Waals surface area contributed by atoms with E-state index in [1.165, 1.54) is 20.1 Å². The lowest BCUT2D eigenvalue weighted by molar-refractivity contribution is -0.133. The predicted octanol–water partition coefficient (Wildman–Crippen LogP) is 3.70. The highest BCUT2D eigenvalue weighted by atomic mass is 32.2. The maximum absolute atomic E-state index is 13.9. The standard InChI is InChI=1S/C33H44N4O8S/c1-7-45-33(41)37-15-13-36(14-16-37)32(40)26(12-17-46-6)35-25-11-9-22-23(19-27(25)39)24(34-20(2)38)10-8-21-18-28(42-3)30(43-4)31(44-5)29(21)22/h9,11,18-19,24,26H,7-8,10,12-17H2,1-6H3,(H,34,38)(H,35,39)/t24-,26-/m0/s1. The van der Waals surface area contributed by atoms with E-state index in [9.17, 15) is 19.2 Å². The van der Waals surface area contributed by atoms with Crippen LogP contribution >= 0.6 is 11.8 Å². The van der Waals surface area contributed by atoms with Crippen molar-refractivity contribution in [1.82, 2.24) is 15.1 Å². The predicted molar refractivity (Wildman–Crippen MR) is 178 cm³/mol. The van der Waals surface area contributed by atoms with E-state index in [1.54, 1.807) is 48.8 Å². The molecule has 13 heteroatoms. The number of ether oxygens (including phenoxy) is 4. The Balaban J connectivity index is 1.75. The number of amides is 3. The fourth-order valence-electron chi connectivity index (χ4n) is 6.05. The second kappa shape index (κ2) is 15.9. The van der Waals surface area contributed by atoms with Crippen LogP contribution in [0.3, 0.4) is 0 Å². The maximum atomic E-state index is 13.9. The van der Waals surface area contributed by atoms with Crippen LogP contribution in [0.2, 0.25) is 0 Å². The quantitative estimate of drug-likeness (QED) is 0.369. The Morgan fingerprint density at radius 3 is 2.30 bits per heavy atom. The largest absolute Gasteiger partial charge is 0.493 e. The smallest absolute Gasteiger partial charge is 0.409 e. The molecule has 46 heavy (non-hydrogen) atoms. The highest BCUT2D eigenvalue weighted by Crippen LogP contribution is 2.50. The Kier molecular flexibility index (Phi) is 12.0. The summed E-state index contributed by atoms with van der Waals surface area (Å²) in [4.78, 5) is 55.4. The summed E-state index contributed by atoms with van der Waals surface area (Å²) in [6.07, 6.45) is 3.21. The zero-order valence-corrected chi connectivity index (χ0v) is 28.2. The van der Waals surface area contributed by atoms with Gasteiger partial charge in [-0.3, -0.25) is 14.4 Å². The van der Waals surface area contributed by atoms with Crippen LogP contribution in [0.4, 0.5) is 10.5 Å². The van der Waals surface area contributed by atoms with Gasteiger partial charge in [0.15, 0.2) is 11.5 Å². The second-order valence-corrected chi connectivity index (χ2v) is 12.1. The van der Waals surface area contributed by atoms with Crippen molar-refractivity contribution in [2.45, 2.75) is 45.2 Å².